The van der Waals surface area contributed by atoms with Crippen molar-refractivity contribution in [2.75, 3.05) is 25.2 Å². The predicted octanol–water partition coefficient (Wildman–Crippen LogP) is 4.28. The summed E-state index contributed by atoms with van der Waals surface area (Å²) in [4.78, 5) is 0. The molecule has 0 aliphatic heterocycles. The van der Waals surface area contributed by atoms with Crippen LogP contribution in [0.25, 0.3) is 0 Å². The van der Waals surface area contributed by atoms with Crippen molar-refractivity contribution in [3.05, 3.63) is 65.0 Å². The molecule has 0 bridgehead atoms. The molecule has 6 heteroatoms. The Hall–Kier alpha value is -1.92. The van der Waals surface area contributed by atoms with Gasteiger partial charge in [0.15, 0.2) is 9.84 Å². The van der Waals surface area contributed by atoms with E-state index in [-0.39, 0.29) is 17.5 Å². The largest absolute Gasteiger partial charge is 0.494 e. The Kier molecular flexibility index (Phi) is 6.97. The summed E-state index contributed by atoms with van der Waals surface area (Å²) in [5.41, 5.74) is 3.72. The van der Waals surface area contributed by atoms with Gasteiger partial charge in [0.1, 0.15) is 11.6 Å². The molecule has 0 aromatic heterocycles. The highest BCUT2D eigenvalue weighted by Crippen LogP contribution is 2.36. The van der Waals surface area contributed by atoms with Gasteiger partial charge in [0.05, 0.1) is 18.1 Å². The van der Waals surface area contributed by atoms with E-state index in [2.05, 4.69) is 17.4 Å². The van der Waals surface area contributed by atoms with Crippen LogP contribution in [0.15, 0.2) is 42.5 Å². The minimum Gasteiger partial charge on any atom is -0.494 e. The molecule has 2 unspecified atom stereocenters. The van der Waals surface area contributed by atoms with Crippen LogP contribution < -0.4 is 10.1 Å². The zero-order valence-electron chi connectivity index (χ0n) is 18.1. The summed E-state index contributed by atoms with van der Waals surface area (Å²) in [5, 5.41) is 3.45. The van der Waals surface area contributed by atoms with Crippen molar-refractivity contribution < 1.29 is 17.5 Å². The van der Waals surface area contributed by atoms with Crippen molar-refractivity contribution >= 4 is 9.84 Å². The number of halogens is 1. The van der Waals surface area contributed by atoms with Crippen LogP contribution in [-0.2, 0) is 22.7 Å². The van der Waals surface area contributed by atoms with Crippen LogP contribution in [-0.4, -0.2) is 39.6 Å². The van der Waals surface area contributed by atoms with Crippen LogP contribution in [0.1, 0.15) is 48.3 Å². The first-order valence-corrected chi connectivity index (χ1v) is 13.1. The predicted molar refractivity (Wildman–Crippen MR) is 122 cm³/mol. The summed E-state index contributed by atoms with van der Waals surface area (Å²) in [7, 11) is -0.963. The maximum Gasteiger partial charge on any atom is 0.150 e. The van der Waals surface area contributed by atoms with Crippen LogP contribution in [0.4, 0.5) is 4.39 Å². The molecule has 1 fully saturated rings. The summed E-state index contributed by atoms with van der Waals surface area (Å²) in [6.45, 7) is 0.404. The number of benzene rings is 2. The molecule has 1 N–H and O–H groups in total. The lowest BCUT2D eigenvalue weighted by molar-refractivity contribution is 0.315. The number of sulfone groups is 1. The third kappa shape index (κ3) is 6.07. The van der Waals surface area contributed by atoms with Crippen LogP contribution in [0.3, 0.4) is 0 Å². The minimum atomic E-state index is -2.96. The molecular weight excluding hydrogens is 413 g/mol. The van der Waals surface area contributed by atoms with E-state index in [1.807, 2.05) is 25.2 Å². The van der Waals surface area contributed by atoms with E-state index in [0.29, 0.717) is 30.7 Å². The number of likely N-dealkylation sites (N-methyl/N-ethyl adjacent to an activating group) is 1. The van der Waals surface area contributed by atoms with Gasteiger partial charge in [-0.25, -0.2) is 12.8 Å². The molecule has 4 nitrogen and oxygen atoms in total. The molecule has 0 saturated heterocycles. The number of hydrogen-bond acceptors (Lipinski definition) is 4. The van der Waals surface area contributed by atoms with Gasteiger partial charge in [-0.15, -0.1) is 0 Å². The highest BCUT2D eigenvalue weighted by Gasteiger charge is 2.29. The monoisotopic (exact) mass is 445 g/mol. The lowest BCUT2D eigenvalue weighted by atomic mass is 9.76. The molecule has 168 valence electrons. The smallest absolute Gasteiger partial charge is 0.150 e. The van der Waals surface area contributed by atoms with Crippen LogP contribution >= 0.6 is 0 Å². The number of fused-ring (bicyclic) bond motifs is 1. The molecule has 2 atom stereocenters. The molecule has 0 heterocycles. The fourth-order valence-electron chi connectivity index (χ4n) is 4.63. The van der Waals surface area contributed by atoms with Crippen LogP contribution in [0.2, 0.25) is 0 Å². The zero-order valence-corrected chi connectivity index (χ0v) is 19.0. The van der Waals surface area contributed by atoms with Gasteiger partial charge in [-0.2, -0.15) is 0 Å². The molecule has 2 aromatic carbocycles. The van der Waals surface area contributed by atoms with Gasteiger partial charge in [0.2, 0.25) is 0 Å². The number of ether oxygens (including phenoxy) is 1. The Morgan fingerprint density at radius 1 is 1.10 bits per heavy atom. The first-order valence-electron chi connectivity index (χ1n) is 11.3. The second-order valence-electron chi connectivity index (χ2n) is 8.99. The normalized spacial score (nSPS) is 21.0. The molecule has 4 rings (SSSR count). The van der Waals surface area contributed by atoms with Crippen molar-refractivity contribution in [2.45, 2.75) is 50.5 Å². The fraction of sp³-hybridized carbons (Fsp3) is 0.520. The molecular formula is C25H32FNO3S. The van der Waals surface area contributed by atoms with E-state index in [1.165, 1.54) is 23.3 Å². The van der Waals surface area contributed by atoms with Gasteiger partial charge in [-0.3, -0.25) is 0 Å². The number of aryl methyl sites for hydroxylation is 1. The molecule has 0 spiro atoms. The van der Waals surface area contributed by atoms with Crippen LogP contribution in [0, 0.1) is 11.7 Å². The average molecular weight is 446 g/mol. The second kappa shape index (κ2) is 9.70. The Bertz CT molecular complexity index is 986. The maximum absolute atomic E-state index is 13.3. The van der Waals surface area contributed by atoms with Gasteiger partial charge < -0.3 is 10.1 Å². The molecule has 2 aliphatic rings. The van der Waals surface area contributed by atoms with Crippen molar-refractivity contribution in [1.29, 1.82) is 0 Å². The molecule has 2 aromatic rings. The van der Waals surface area contributed by atoms with E-state index in [0.717, 1.165) is 43.4 Å². The first-order chi connectivity index (χ1) is 14.9. The number of hydrogen-bond donors (Lipinski definition) is 1. The van der Waals surface area contributed by atoms with Gasteiger partial charge in [-0.1, -0.05) is 18.2 Å². The van der Waals surface area contributed by atoms with E-state index < -0.39 is 9.84 Å². The van der Waals surface area contributed by atoms with E-state index in [4.69, 9.17) is 4.74 Å². The highest BCUT2D eigenvalue weighted by molar-refractivity contribution is 7.91. The first kappa shape index (κ1) is 22.3. The fourth-order valence-corrected chi connectivity index (χ4v) is 6.41. The van der Waals surface area contributed by atoms with Gasteiger partial charge in [0.25, 0.3) is 0 Å². The Morgan fingerprint density at radius 3 is 2.58 bits per heavy atom. The average Bonchev–Trinajstić information content (AvgIpc) is 3.56. The maximum atomic E-state index is 13.3. The van der Waals surface area contributed by atoms with Crippen molar-refractivity contribution in [1.82, 2.24) is 5.32 Å². The number of nitrogens with one attached hydrogen (secondary N) is 1. The van der Waals surface area contributed by atoms with Gasteiger partial charge in [0, 0.05) is 12.0 Å². The number of rotatable bonds is 10. The van der Waals surface area contributed by atoms with E-state index >= 15 is 0 Å². The van der Waals surface area contributed by atoms with Gasteiger partial charge in [-0.05, 0) is 92.4 Å². The van der Waals surface area contributed by atoms with Crippen molar-refractivity contribution in [3.8, 4) is 5.75 Å². The summed E-state index contributed by atoms with van der Waals surface area (Å²) in [5.74, 6) is 1.78. The Labute approximate surface area is 185 Å². The van der Waals surface area contributed by atoms with Crippen LogP contribution in [0.5, 0.6) is 5.75 Å². The quantitative estimate of drug-likeness (QED) is 0.555. The third-order valence-corrected chi connectivity index (χ3v) is 8.41. The van der Waals surface area contributed by atoms with E-state index in [1.54, 1.807) is 0 Å². The lowest BCUT2D eigenvalue weighted by Gasteiger charge is -2.34. The molecule has 0 radical (unpaired) electrons. The molecule has 0 amide bonds. The van der Waals surface area contributed by atoms with E-state index in [9.17, 15) is 12.8 Å². The molecule has 1 saturated carbocycles. The van der Waals surface area contributed by atoms with Crippen molar-refractivity contribution in [2.24, 2.45) is 5.92 Å². The highest BCUT2D eigenvalue weighted by atomic mass is 32.2. The molecule has 2 aliphatic carbocycles. The van der Waals surface area contributed by atoms with Gasteiger partial charge >= 0.3 is 0 Å². The third-order valence-electron chi connectivity index (χ3n) is 6.52. The second-order valence-corrected chi connectivity index (χ2v) is 11.2. The Morgan fingerprint density at radius 2 is 1.87 bits per heavy atom. The minimum absolute atomic E-state index is 0.198. The summed E-state index contributed by atoms with van der Waals surface area (Å²) >= 11 is 0. The van der Waals surface area contributed by atoms with Crippen molar-refractivity contribution in [3.63, 3.8) is 0 Å². The SMILES string of the molecule is CNC1CCc2ccc(OCCCS(=O)(=O)CC3CC3)cc2C1Cc1ccc(F)cc1. The standard InChI is InChI=1S/C25H32FNO3S/c1-27-25-12-8-20-7-11-22(30-13-2-14-31(28,29)17-19-3-4-19)16-23(20)24(25)15-18-5-9-21(26)10-6-18/h5-7,9-11,16,19,24-25,27H,2-4,8,12-15,17H2,1H3. The Balaban J connectivity index is 1.41. The summed E-state index contributed by atoms with van der Waals surface area (Å²) in [6.07, 6.45) is 5.54. The lowest BCUT2D eigenvalue weighted by Crippen LogP contribution is -2.37. The zero-order chi connectivity index (χ0) is 21.8. The topological polar surface area (TPSA) is 55.4 Å². The summed E-state index contributed by atoms with van der Waals surface area (Å²) < 4.78 is 43.5. The molecule has 31 heavy (non-hydrogen) atoms. The summed E-state index contributed by atoms with van der Waals surface area (Å²) in [6, 6.07) is 13.3.